The van der Waals surface area contributed by atoms with Crippen molar-refractivity contribution in [2.24, 2.45) is 0 Å². The number of carbonyl (C=O) groups is 2. The highest BCUT2D eigenvalue weighted by molar-refractivity contribution is 7.47. The fourth-order valence-corrected chi connectivity index (χ4v) is 3.43. The first-order chi connectivity index (χ1) is 15.2. The van der Waals surface area contributed by atoms with Gasteiger partial charge in [0.2, 0.25) is 0 Å². The Morgan fingerprint density at radius 3 is 1.94 bits per heavy atom. The van der Waals surface area contributed by atoms with E-state index >= 15 is 0 Å². The van der Waals surface area contributed by atoms with E-state index in [1.807, 2.05) is 0 Å². The quantitative estimate of drug-likeness (QED) is 0.126. The molecule has 0 heterocycles. The van der Waals surface area contributed by atoms with E-state index < -0.39 is 51.8 Å². The van der Waals surface area contributed by atoms with Crippen LogP contribution in [0.5, 0.6) is 0 Å². The molecule has 0 amide bonds. The fraction of sp³-hybridized carbons (Fsp3) is 0.905. The van der Waals surface area contributed by atoms with Crippen LogP contribution in [-0.4, -0.2) is 65.7 Å². The number of unbranched alkanes of at least 4 members (excludes halogenated alkanes) is 7. The number of phosphoric acid groups is 1. The molecular formula is C21H41O10P. The van der Waals surface area contributed by atoms with Gasteiger partial charge in [0.15, 0.2) is 6.10 Å². The Morgan fingerprint density at radius 1 is 0.812 bits per heavy atom. The molecule has 0 aromatic rings. The topological polar surface area (TPSA) is 149 Å². The van der Waals surface area contributed by atoms with Crippen LogP contribution in [0.3, 0.4) is 0 Å². The third-order valence-corrected chi connectivity index (χ3v) is 5.46. The molecule has 32 heavy (non-hydrogen) atoms. The largest absolute Gasteiger partial charge is 0.472 e. The first kappa shape index (κ1) is 31.0. The van der Waals surface area contributed by atoms with Gasteiger partial charge in [-0.25, -0.2) is 4.57 Å². The summed E-state index contributed by atoms with van der Waals surface area (Å²) in [6.45, 7) is 2.06. The Kier molecular flexibility index (Phi) is 18.8. The zero-order valence-corrected chi connectivity index (χ0v) is 20.3. The first-order valence-electron chi connectivity index (χ1n) is 11.5. The minimum Gasteiger partial charge on any atom is -0.462 e. The van der Waals surface area contributed by atoms with Crippen molar-refractivity contribution in [2.75, 3.05) is 26.4 Å². The predicted molar refractivity (Wildman–Crippen MR) is 118 cm³/mol. The molecular weight excluding hydrogens is 443 g/mol. The van der Waals surface area contributed by atoms with Gasteiger partial charge in [0.25, 0.3) is 0 Å². The number of phosphoric ester groups is 1. The molecule has 3 atom stereocenters. The molecule has 0 saturated heterocycles. The average Bonchev–Trinajstić information content (AvgIpc) is 2.76. The van der Waals surface area contributed by atoms with Crippen LogP contribution >= 0.6 is 7.82 Å². The predicted octanol–water partition coefficient (Wildman–Crippen LogP) is 3.26. The van der Waals surface area contributed by atoms with Crippen LogP contribution in [0.1, 0.15) is 84.5 Å². The van der Waals surface area contributed by atoms with Crippen molar-refractivity contribution in [1.82, 2.24) is 0 Å². The number of hydrogen-bond acceptors (Lipinski definition) is 9. The molecule has 10 nitrogen and oxygen atoms in total. The molecule has 3 N–H and O–H groups in total. The van der Waals surface area contributed by atoms with Crippen LogP contribution in [0.15, 0.2) is 0 Å². The van der Waals surface area contributed by atoms with E-state index in [1.54, 1.807) is 0 Å². The molecule has 0 bridgehead atoms. The van der Waals surface area contributed by atoms with Crippen LogP contribution < -0.4 is 0 Å². The maximum atomic E-state index is 12.1. The highest BCUT2D eigenvalue weighted by Gasteiger charge is 2.27. The summed E-state index contributed by atoms with van der Waals surface area (Å²) in [6.07, 6.45) is 6.43. The molecule has 0 fully saturated rings. The molecule has 11 heteroatoms. The van der Waals surface area contributed by atoms with Crippen molar-refractivity contribution >= 4 is 19.8 Å². The van der Waals surface area contributed by atoms with Crippen molar-refractivity contribution in [2.45, 2.75) is 96.7 Å². The second-order valence-corrected chi connectivity index (χ2v) is 9.12. The highest BCUT2D eigenvalue weighted by Crippen LogP contribution is 2.43. The standard InChI is InChI=1S/C21H41O10P/c1-3-5-7-9-11-13-21(25)31-19(16-28-20(24)12-10-8-6-4-2)17-30-32(26,27)29-15-18(23)14-22/h18-19,22-23H,3-17H2,1-2H3,(H,26,27)/t18-,19+/m0/s1. The van der Waals surface area contributed by atoms with E-state index in [4.69, 9.17) is 19.1 Å². The Balaban J connectivity index is 4.61. The van der Waals surface area contributed by atoms with Crippen LogP contribution in [0.4, 0.5) is 0 Å². The fourth-order valence-electron chi connectivity index (χ4n) is 2.64. The molecule has 0 aliphatic carbocycles. The number of rotatable bonds is 21. The van der Waals surface area contributed by atoms with Gasteiger partial charge in [-0.1, -0.05) is 58.8 Å². The van der Waals surface area contributed by atoms with Gasteiger partial charge in [-0.15, -0.1) is 0 Å². The molecule has 0 spiro atoms. The number of aliphatic hydroxyl groups is 2. The number of ether oxygens (including phenoxy) is 2. The van der Waals surface area contributed by atoms with E-state index in [9.17, 15) is 24.2 Å². The summed E-state index contributed by atoms with van der Waals surface area (Å²) in [5.41, 5.74) is 0. The normalized spacial score (nSPS) is 15.0. The lowest BCUT2D eigenvalue weighted by atomic mass is 10.1. The minimum atomic E-state index is -4.57. The third-order valence-electron chi connectivity index (χ3n) is 4.51. The van der Waals surface area contributed by atoms with E-state index in [2.05, 4.69) is 18.4 Å². The Labute approximate surface area is 191 Å². The maximum Gasteiger partial charge on any atom is 0.472 e. The van der Waals surface area contributed by atoms with Crippen molar-refractivity contribution < 1.29 is 47.8 Å². The van der Waals surface area contributed by atoms with Gasteiger partial charge in [0.1, 0.15) is 12.7 Å². The van der Waals surface area contributed by atoms with Crippen LogP contribution in [0.25, 0.3) is 0 Å². The molecule has 0 aromatic carbocycles. The SMILES string of the molecule is CCCCCCCC(=O)O[C@H](COC(=O)CCCCCC)COP(=O)(O)OC[C@@H](O)CO. The van der Waals surface area contributed by atoms with Gasteiger partial charge < -0.3 is 24.6 Å². The lowest BCUT2D eigenvalue weighted by Crippen LogP contribution is -2.29. The second-order valence-electron chi connectivity index (χ2n) is 7.67. The molecule has 0 radical (unpaired) electrons. The number of carbonyl (C=O) groups excluding carboxylic acids is 2. The summed E-state index contributed by atoms with van der Waals surface area (Å²) in [7, 11) is -4.57. The lowest BCUT2D eigenvalue weighted by molar-refractivity contribution is -0.161. The zero-order chi connectivity index (χ0) is 24.2. The van der Waals surface area contributed by atoms with E-state index in [-0.39, 0.29) is 19.4 Å². The highest BCUT2D eigenvalue weighted by atomic mass is 31.2. The molecule has 0 saturated carbocycles. The van der Waals surface area contributed by atoms with Crippen molar-refractivity contribution in [1.29, 1.82) is 0 Å². The van der Waals surface area contributed by atoms with Gasteiger partial charge in [-0.2, -0.15) is 0 Å². The molecule has 0 aliphatic heterocycles. The summed E-state index contributed by atoms with van der Waals surface area (Å²) >= 11 is 0. The summed E-state index contributed by atoms with van der Waals surface area (Å²) < 4.78 is 31.7. The zero-order valence-electron chi connectivity index (χ0n) is 19.4. The van der Waals surface area contributed by atoms with E-state index in [1.165, 1.54) is 0 Å². The molecule has 0 aliphatic rings. The summed E-state index contributed by atoms with van der Waals surface area (Å²) in [4.78, 5) is 33.7. The number of aliphatic hydroxyl groups excluding tert-OH is 2. The molecule has 190 valence electrons. The van der Waals surface area contributed by atoms with Gasteiger partial charge in [-0.05, 0) is 12.8 Å². The van der Waals surface area contributed by atoms with Gasteiger partial charge in [0.05, 0.1) is 19.8 Å². The van der Waals surface area contributed by atoms with Crippen molar-refractivity contribution in [3.63, 3.8) is 0 Å². The van der Waals surface area contributed by atoms with Crippen molar-refractivity contribution in [3.8, 4) is 0 Å². The Hall–Kier alpha value is -1.03. The van der Waals surface area contributed by atoms with E-state index in [0.29, 0.717) is 12.8 Å². The molecule has 0 aromatic heterocycles. The Morgan fingerprint density at radius 2 is 1.34 bits per heavy atom. The van der Waals surface area contributed by atoms with Crippen LogP contribution in [-0.2, 0) is 32.7 Å². The number of esters is 2. The third kappa shape index (κ3) is 18.5. The summed E-state index contributed by atoms with van der Waals surface area (Å²) in [6, 6.07) is 0. The van der Waals surface area contributed by atoms with E-state index in [0.717, 1.165) is 44.9 Å². The van der Waals surface area contributed by atoms with Crippen LogP contribution in [0, 0.1) is 0 Å². The Bertz CT molecular complexity index is 543. The smallest absolute Gasteiger partial charge is 0.462 e. The average molecular weight is 485 g/mol. The van der Waals surface area contributed by atoms with Crippen molar-refractivity contribution in [3.05, 3.63) is 0 Å². The van der Waals surface area contributed by atoms with Crippen LogP contribution in [0.2, 0.25) is 0 Å². The second kappa shape index (κ2) is 19.4. The minimum absolute atomic E-state index is 0.182. The molecule has 0 rings (SSSR count). The van der Waals surface area contributed by atoms with Gasteiger partial charge in [-0.3, -0.25) is 18.6 Å². The first-order valence-corrected chi connectivity index (χ1v) is 13.0. The summed E-state index contributed by atoms with van der Waals surface area (Å²) in [5, 5.41) is 17.9. The van der Waals surface area contributed by atoms with Gasteiger partial charge >= 0.3 is 19.8 Å². The maximum absolute atomic E-state index is 12.1. The summed E-state index contributed by atoms with van der Waals surface area (Å²) in [5.74, 6) is -0.963. The van der Waals surface area contributed by atoms with Gasteiger partial charge in [0, 0.05) is 12.8 Å². The lowest BCUT2D eigenvalue weighted by Gasteiger charge is -2.20. The monoisotopic (exact) mass is 484 g/mol. The molecule has 1 unspecified atom stereocenters. The number of hydrogen-bond donors (Lipinski definition) is 3.